The van der Waals surface area contributed by atoms with Crippen molar-refractivity contribution < 1.29 is 4.79 Å². The van der Waals surface area contributed by atoms with Crippen molar-refractivity contribution in [3.8, 4) is 0 Å². The molecule has 0 bridgehead atoms. The summed E-state index contributed by atoms with van der Waals surface area (Å²) in [6.45, 7) is 5.11. The van der Waals surface area contributed by atoms with Gasteiger partial charge in [0.1, 0.15) is 0 Å². The summed E-state index contributed by atoms with van der Waals surface area (Å²) in [5.74, 6) is 0.0459. The Hall–Kier alpha value is -1.85. The van der Waals surface area contributed by atoms with Crippen molar-refractivity contribution in [3.63, 3.8) is 0 Å². The van der Waals surface area contributed by atoms with Gasteiger partial charge in [0.2, 0.25) is 0 Å². The fourth-order valence-corrected chi connectivity index (χ4v) is 3.21. The number of amides is 1. The molecule has 0 atom stereocenters. The molecule has 23 heavy (non-hydrogen) atoms. The number of nitrogens with zero attached hydrogens (tertiary/aromatic N) is 3. The molecule has 124 valence electrons. The number of carbonyl (C=O) groups excluding carboxylic acids is 1. The fraction of sp³-hybridized carbons (Fsp3) is 0.412. The summed E-state index contributed by atoms with van der Waals surface area (Å²) in [5.41, 5.74) is 11.5. The number of halogens is 1. The van der Waals surface area contributed by atoms with E-state index in [2.05, 4.69) is 11.2 Å². The van der Waals surface area contributed by atoms with E-state index in [9.17, 15) is 4.79 Å². The van der Waals surface area contributed by atoms with Crippen molar-refractivity contribution in [2.45, 2.75) is 33.2 Å². The maximum atomic E-state index is 13.0. The van der Waals surface area contributed by atoms with E-state index in [-0.39, 0.29) is 18.3 Å². The molecule has 1 aliphatic rings. The predicted octanol–water partition coefficient (Wildman–Crippen LogP) is 2.51. The number of benzene rings is 1. The topological polar surface area (TPSA) is 64.2 Å². The first-order valence-corrected chi connectivity index (χ1v) is 7.67. The first kappa shape index (κ1) is 17.5. The predicted molar refractivity (Wildman–Crippen MR) is 94.3 cm³/mol. The quantitative estimate of drug-likeness (QED) is 0.917. The van der Waals surface area contributed by atoms with Crippen LogP contribution in [0.15, 0.2) is 18.2 Å². The van der Waals surface area contributed by atoms with Gasteiger partial charge in [-0.05, 0) is 43.9 Å². The molecule has 0 fully saturated rings. The Bertz CT molecular complexity index is 738. The summed E-state index contributed by atoms with van der Waals surface area (Å²) >= 11 is 0. The summed E-state index contributed by atoms with van der Waals surface area (Å²) in [5, 5.41) is 4.36. The average molecular weight is 335 g/mol. The zero-order valence-corrected chi connectivity index (χ0v) is 14.6. The highest BCUT2D eigenvalue weighted by Crippen LogP contribution is 2.30. The lowest BCUT2D eigenvalue weighted by Gasteiger charge is -2.30. The monoisotopic (exact) mass is 334 g/mol. The molecule has 0 aliphatic carbocycles. The smallest absolute Gasteiger partial charge is 0.262 e. The third-order valence-electron chi connectivity index (χ3n) is 4.47. The fourth-order valence-electron chi connectivity index (χ4n) is 3.21. The number of anilines is 1. The first-order chi connectivity index (χ1) is 10.5. The minimum atomic E-state index is 0. The maximum Gasteiger partial charge on any atom is 0.262 e. The lowest BCUT2D eigenvalue weighted by atomic mass is 9.98. The number of hydrogen-bond donors (Lipinski definition) is 1. The molecule has 5 nitrogen and oxygen atoms in total. The van der Waals surface area contributed by atoms with Crippen molar-refractivity contribution in [1.82, 2.24) is 9.78 Å². The van der Waals surface area contributed by atoms with Gasteiger partial charge in [0.25, 0.3) is 5.91 Å². The van der Waals surface area contributed by atoms with Gasteiger partial charge in [0.15, 0.2) is 0 Å². The van der Waals surface area contributed by atoms with Gasteiger partial charge < -0.3 is 10.6 Å². The van der Waals surface area contributed by atoms with Crippen LogP contribution in [0.4, 0.5) is 5.69 Å². The van der Waals surface area contributed by atoms with Crippen LogP contribution < -0.4 is 10.6 Å². The van der Waals surface area contributed by atoms with Crippen molar-refractivity contribution in [2.75, 3.05) is 11.4 Å². The molecule has 2 aromatic rings. The first-order valence-electron chi connectivity index (χ1n) is 7.67. The molecule has 3 rings (SSSR count). The largest absolute Gasteiger partial charge is 0.326 e. The Morgan fingerprint density at radius 2 is 2.09 bits per heavy atom. The van der Waals surface area contributed by atoms with Crippen LogP contribution >= 0.6 is 12.4 Å². The minimum absolute atomic E-state index is 0. The van der Waals surface area contributed by atoms with Crippen molar-refractivity contribution in [3.05, 3.63) is 46.3 Å². The molecule has 6 heteroatoms. The lowest BCUT2D eigenvalue weighted by molar-refractivity contribution is 0.0984. The second-order valence-electron chi connectivity index (χ2n) is 5.90. The van der Waals surface area contributed by atoms with Crippen molar-refractivity contribution >= 4 is 24.0 Å². The van der Waals surface area contributed by atoms with Crippen LogP contribution in [-0.2, 0) is 20.0 Å². The van der Waals surface area contributed by atoms with Gasteiger partial charge in [-0.1, -0.05) is 12.1 Å². The third-order valence-corrected chi connectivity index (χ3v) is 4.47. The summed E-state index contributed by atoms with van der Waals surface area (Å²) in [4.78, 5) is 14.9. The molecule has 0 saturated carbocycles. The second kappa shape index (κ2) is 6.72. The van der Waals surface area contributed by atoms with E-state index in [1.165, 1.54) is 5.56 Å². The summed E-state index contributed by atoms with van der Waals surface area (Å²) in [7, 11) is 1.87. The molecule has 1 aliphatic heterocycles. The number of fused-ring (bicyclic) bond motifs is 1. The number of aryl methyl sites for hydroxylation is 3. The maximum absolute atomic E-state index is 13.0. The molecule has 1 aromatic heterocycles. The highest BCUT2D eigenvalue weighted by atomic mass is 35.5. The van der Waals surface area contributed by atoms with E-state index in [4.69, 9.17) is 5.73 Å². The number of rotatable bonds is 2. The molecule has 1 amide bonds. The second-order valence-corrected chi connectivity index (χ2v) is 5.90. The Morgan fingerprint density at radius 3 is 2.70 bits per heavy atom. The van der Waals surface area contributed by atoms with Crippen molar-refractivity contribution in [1.29, 1.82) is 0 Å². The van der Waals surface area contributed by atoms with E-state index in [1.807, 2.05) is 37.9 Å². The molecule has 0 unspecified atom stereocenters. The molecular weight excluding hydrogens is 312 g/mol. The van der Waals surface area contributed by atoms with Gasteiger partial charge in [0, 0.05) is 31.5 Å². The molecule has 2 N–H and O–H groups in total. The third kappa shape index (κ3) is 2.99. The SMILES string of the molecule is Cc1nn(C)c(C)c1C(=O)N1CCCc2cc(CN)ccc21.Cl. The number of carbonyl (C=O) groups is 1. The van der Waals surface area contributed by atoms with Gasteiger partial charge >= 0.3 is 0 Å². The van der Waals surface area contributed by atoms with Gasteiger partial charge in [0.05, 0.1) is 11.3 Å². The summed E-state index contributed by atoms with van der Waals surface area (Å²) in [6, 6.07) is 6.15. The van der Waals surface area contributed by atoms with Gasteiger partial charge in [-0.3, -0.25) is 9.48 Å². The number of nitrogens with two attached hydrogens (primary N) is 1. The zero-order chi connectivity index (χ0) is 15.9. The van der Waals surface area contributed by atoms with Crippen LogP contribution in [0, 0.1) is 13.8 Å². The van der Waals surface area contributed by atoms with Gasteiger partial charge in [-0.15, -0.1) is 12.4 Å². The van der Waals surface area contributed by atoms with E-state index in [1.54, 1.807) is 4.68 Å². The van der Waals surface area contributed by atoms with E-state index < -0.39 is 0 Å². The van der Waals surface area contributed by atoms with E-state index in [0.29, 0.717) is 6.54 Å². The van der Waals surface area contributed by atoms with Crippen LogP contribution in [0.1, 0.15) is 39.3 Å². The van der Waals surface area contributed by atoms with Crippen LogP contribution in [0.5, 0.6) is 0 Å². The Balaban J connectivity index is 0.00000192. The van der Waals surface area contributed by atoms with E-state index >= 15 is 0 Å². The Kier molecular flexibility index (Phi) is 5.12. The molecule has 0 radical (unpaired) electrons. The molecular formula is C17H23ClN4O. The molecule has 1 aromatic carbocycles. The van der Waals surface area contributed by atoms with Gasteiger partial charge in [-0.25, -0.2) is 0 Å². The molecule has 0 spiro atoms. The highest BCUT2D eigenvalue weighted by molar-refractivity contribution is 6.08. The summed E-state index contributed by atoms with van der Waals surface area (Å²) < 4.78 is 1.77. The minimum Gasteiger partial charge on any atom is -0.326 e. The summed E-state index contributed by atoms with van der Waals surface area (Å²) in [6.07, 6.45) is 1.98. The normalized spacial score (nSPS) is 13.5. The standard InChI is InChI=1S/C17H22N4O.ClH/c1-11-16(12(2)20(3)19-11)17(22)21-8-4-5-14-9-13(10-18)6-7-15(14)21;/h6-7,9H,4-5,8,10,18H2,1-3H3;1H. The average Bonchev–Trinajstić information content (AvgIpc) is 2.78. The van der Waals surface area contributed by atoms with Crippen LogP contribution in [0.25, 0.3) is 0 Å². The molecule has 0 saturated heterocycles. The van der Waals surface area contributed by atoms with Crippen LogP contribution in [0.2, 0.25) is 0 Å². The lowest BCUT2D eigenvalue weighted by Crippen LogP contribution is -2.36. The number of hydrogen-bond acceptors (Lipinski definition) is 3. The Labute approximate surface area is 142 Å². The van der Waals surface area contributed by atoms with E-state index in [0.717, 1.165) is 47.6 Å². The van der Waals surface area contributed by atoms with Crippen LogP contribution in [-0.4, -0.2) is 22.2 Å². The molecule has 2 heterocycles. The van der Waals surface area contributed by atoms with Gasteiger partial charge in [-0.2, -0.15) is 5.10 Å². The zero-order valence-electron chi connectivity index (χ0n) is 13.8. The van der Waals surface area contributed by atoms with Crippen LogP contribution in [0.3, 0.4) is 0 Å². The highest BCUT2D eigenvalue weighted by Gasteiger charge is 2.27. The number of aromatic nitrogens is 2. The Morgan fingerprint density at radius 1 is 1.35 bits per heavy atom. The van der Waals surface area contributed by atoms with Crippen molar-refractivity contribution in [2.24, 2.45) is 12.8 Å².